The first-order valence-electron chi connectivity index (χ1n) is 8.10. The molecule has 0 spiro atoms. The molecule has 0 saturated heterocycles. The molecular formula is C17H20ClN3O5S2. The second-order valence-electron chi connectivity index (χ2n) is 5.71. The number of thioether (sulfide) groups is 1. The average molecular weight is 446 g/mol. The quantitative estimate of drug-likeness (QED) is 0.463. The van der Waals surface area contributed by atoms with Gasteiger partial charge in [0.15, 0.2) is 5.82 Å². The number of phenolic OH excluding ortho intramolecular Hbond substituents is 1. The molecule has 0 bridgehead atoms. The van der Waals surface area contributed by atoms with Gasteiger partial charge in [0, 0.05) is 23.1 Å². The molecule has 8 nitrogen and oxygen atoms in total. The van der Waals surface area contributed by atoms with Gasteiger partial charge in [-0.2, -0.15) is 16.7 Å². The molecule has 0 radical (unpaired) electrons. The smallest absolute Gasteiger partial charge is 0.339 e. The highest BCUT2D eigenvalue weighted by atomic mass is 35.5. The van der Waals surface area contributed by atoms with Gasteiger partial charge < -0.3 is 24.4 Å². The molecule has 152 valence electrons. The molecule has 11 heteroatoms. The number of aromatic hydroxyl groups is 1. The minimum atomic E-state index is -0.660. The molecule has 1 aromatic heterocycles. The summed E-state index contributed by atoms with van der Waals surface area (Å²) in [6, 6.07) is 1.05. The first kappa shape index (κ1) is 22.3. The number of aryl methyl sites for hydroxylation is 1. The van der Waals surface area contributed by atoms with Gasteiger partial charge in [0.05, 0.1) is 29.8 Å². The molecule has 2 aromatic rings. The van der Waals surface area contributed by atoms with Crippen molar-refractivity contribution in [1.82, 2.24) is 15.5 Å². The monoisotopic (exact) mass is 445 g/mol. The van der Waals surface area contributed by atoms with Gasteiger partial charge in [-0.1, -0.05) is 29.0 Å². The number of ether oxygens (including phenoxy) is 2. The Labute approximate surface area is 176 Å². The maximum absolute atomic E-state index is 12.2. The second-order valence-corrected chi connectivity index (χ2v) is 7.73. The Balaban J connectivity index is 2.23. The molecule has 0 unspecified atom stereocenters. The first-order valence-corrected chi connectivity index (χ1v) is 10.0. The third-order valence-corrected chi connectivity index (χ3v) is 5.23. The lowest BCUT2D eigenvalue weighted by Gasteiger charge is -2.17. The number of esters is 1. The van der Waals surface area contributed by atoms with E-state index < -0.39 is 5.97 Å². The summed E-state index contributed by atoms with van der Waals surface area (Å²) in [5.74, 6) is 1.09. The fourth-order valence-electron chi connectivity index (χ4n) is 2.42. The van der Waals surface area contributed by atoms with Crippen LogP contribution in [0.2, 0.25) is 5.02 Å². The molecule has 1 aromatic carbocycles. The Morgan fingerprint density at radius 1 is 1.50 bits per heavy atom. The van der Waals surface area contributed by atoms with Gasteiger partial charge in [-0.3, -0.25) is 0 Å². The van der Waals surface area contributed by atoms with Crippen LogP contribution in [0.5, 0.6) is 11.5 Å². The Morgan fingerprint density at radius 3 is 2.75 bits per heavy atom. The molecule has 2 N–H and O–H groups in total. The van der Waals surface area contributed by atoms with Crippen LogP contribution in [-0.4, -0.2) is 46.2 Å². The van der Waals surface area contributed by atoms with E-state index in [4.69, 9.17) is 37.8 Å². The lowest BCUT2D eigenvalue weighted by molar-refractivity contribution is 0.0599. The number of hydrogen-bond acceptors (Lipinski definition) is 9. The number of aromatic nitrogens is 2. The topological polar surface area (TPSA) is 107 Å². The number of nitrogens with one attached hydrogen (secondary N) is 1. The predicted molar refractivity (Wildman–Crippen MR) is 110 cm³/mol. The second kappa shape index (κ2) is 9.94. The van der Waals surface area contributed by atoms with E-state index in [2.05, 4.69) is 15.5 Å². The lowest BCUT2D eigenvalue weighted by Crippen LogP contribution is -2.27. The Hall–Kier alpha value is -2.04. The van der Waals surface area contributed by atoms with E-state index >= 15 is 0 Å². The van der Waals surface area contributed by atoms with Crippen molar-refractivity contribution in [3.8, 4) is 11.5 Å². The molecule has 2 rings (SSSR count). The van der Waals surface area contributed by atoms with Crippen molar-refractivity contribution < 1.29 is 23.9 Å². The van der Waals surface area contributed by atoms with Crippen LogP contribution < -0.4 is 10.1 Å². The number of methoxy groups -OCH3 is 2. The minimum absolute atomic E-state index is 0.0673. The number of carbonyl (C=O) groups is 1. The first-order chi connectivity index (χ1) is 13.3. The molecule has 28 heavy (non-hydrogen) atoms. The van der Waals surface area contributed by atoms with Crippen molar-refractivity contribution in [2.45, 2.75) is 25.6 Å². The van der Waals surface area contributed by atoms with Crippen LogP contribution in [0.25, 0.3) is 0 Å². The van der Waals surface area contributed by atoms with Crippen LogP contribution in [0.3, 0.4) is 0 Å². The number of rotatable bonds is 8. The van der Waals surface area contributed by atoms with E-state index in [9.17, 15) is 9.90 Å². The molecule has 0 aliphatic carbocycles. The normalized spacial score (nSPS) is 11.8. The summed E-state index contributed by atoms with van der Waals surface area (Å²) < 4.78 is 15.1. The highest BCUT2D eigenvalue weighted by molar-refractivity contribution is 7.98. The number of halogens is 1. The van der Waals surface area contributed by atoms with Gasteiger partial charge in [0.2, 0.25) is 5.89 Å². The van der Waals surface area contributed by atoms with Crippen molar-refractivity contribution in [3.63, 3.8) is 0 Å². The Kier molecular flexibility index (Phi) is 7.90. The van der Waals surface area contributed by atoms with Gasteiger partial charge in [-0.25, -0.2) is 4.79 Å². The molecule has 0 aliphatic rings. The van der Waals surface area contributed by atoms with Gasteiger partial charge in [0.25, 0.3) is 0 Å². The molecule has 1 atom stereocenters. The largest absolute Gasteiger partial charge is 0.507 e. The maximum atomic E-state index is 12.2. The fraction of sp³-hybridized carbons (Fsp3) is 0.412. The number of nitrogens with zero attached hydrogens (tertiary/aromatic N) is 2. The number of benzene rings is 1. The van der Waals surface area contributed by atoms with Gasteiger partial charge in [-0.05, 0) is 13.8 Å². The van der Waals surface area contributed by atoms with Crippen LogP contribution >= 0.6 is 35.6 Å². The molecule has 1 heterocycles. The summed E-state index contributed by atoms with van der Waals surface area (Å²) in [7, 11) is 2.64. The van der Waals surface area contributed by atoms with Crippen LogP contribution in [-0.2, 0) is 10.5 Å². The van der Waals surface area contributed by atoms with E-state index in [1.165, 1.54) is 32.0 Å². The van der Waals surface area contributed by atoms with Crippen molar-refractivity contribution >= 4 is 46.5 Å². The summed E-state index contributed by atoms with van der Waals surface area (Å²) in [5, 5.41) is 17.3. The third kappa shape index (κ3) is 5.27. The number of thiocarbonyl (C=S) groups is 1. The van der Waals surface area contributed by atoms with Gasteiger partial charge in [0.1, 0.15) is 17.5 Å². The third-order valence-electron chi connectivity index (χ3n) is 3.67. The summed E-state index contributed by atoms with van der Waals surface area (Å²) in [5.41, 5.74) is 0.417. The summed E-state index contributed by atoms with van der Waals surface area (Å²) >= 11 is 12.8. The zero-order valence-corrected chi connectivity index (χ0v) is 18.1. The number of hydrogen-bond donors (Lipinski definition) is 2. The van der Waals surface area contributed by atoms with Crippen molar-refractivity contribution in [2.24, 2.45) is 0 Å². The zero-order valence-electron chi connectivity index (χ0n) is 15.7. The molecular weight excluding hydrogens is 426 g/mol. The van der Waals surface area contributed by atoms with E-state index in [0.29, 0.717) is 28.0 Å². The van der Waals surface area contributed by atoms with Crippen LogP contribution in [0.1, 0.15) is 40.6 Å². The van der Waals surface area contributed by atoms with E-state index in [-0.39, 0.29) is 33.9 Å². The summed E-state index contributed by atoms with van der Waals surface area (Å²) in [6.45, 7) is 3.47. The average Bonchev–Trinajstić information content (AvgIpc) is 3.08. The predicted octanol–water partition coefficient (Wildman–Crippen LogP) is 3.44. The van der Waals surface area contributed by atoms with E-state index in [1.807, 2.05) is 0 Å². The molecule has 0 saturated carbocycles. The molecule has 0 fully saturated rings. The highest BCUT2D eigenvalue weighted by Crippen LogP contribution is 2.39. The van der Waals surface area contributed by atoms with Gasteiger partial charge in [-0.15, -0.1) is 0 Å². The fourth-order valence-corrected chi connectivity index (χ4v) is 3.96. The standard InChI is InChI=1S/C17H20ClN3O5S2/c1-8-19-16(26-21-8)11(20-9(2)27)7-28-6-10-12(22)5-13(24-3)15(18)14(10)17(23)25-4/h5,11,22H,6-7H2,1-4H3,(H,20,27)/t11-/m0/s1. The SMILES string of the molecule is COC(=O)c1c(Cl)c(OC)cc(O)c1CSC[C@H](NC(C)=S)c1nc(C)no1. The highest BCUT2D eigenvalue weighted by Gasteiger charge is 2.25. The lowest BCUT2D eigenvalue weighted by atomic mass is 10.1. The van der Waals surface area contributed by atoms with E-state index in [1.54, 1.807) is 13.8 Å². The van der Waals surface area contributed by atoms with Crippen LogP contribution in [0.4, 0.5) is 0 Å². The zero-order chi connectivity index (χ0) is 20.8. The molecule has 0 amide bonds. The van der Waals surface area contributed by atoms with Crippen molar-refractivity contribution in [2.75, 3.05) is 20.0 Å². The van der Waals surface area contributed by atoms with Crippen LogP contribution in [0.15, 0.2) is 10.6 Å². The number of phenols is 1. The minimum Gasteiger partial charge on any atom is -0.507 e. The van der Waals surface area contributed by atoms with Gasteiger partial charge >= 0.3 is 5.97 Å². The number of carbonyl (C=O) groups excluding carboxylic acids is 1. The van der Waals surface area contributed by atoms with Crippen LogP contribution in [0, 0.1) is 6.92 Å². The summed E-state index contributed by atoms with van der Waals surface area (Å²) in [4.78, 5) is 17.0. The van der Waals surface area contributed by atoms with Crippen molar-refractivity contribution in [1.29, 1.82) is 0 Å². The Bertz CT molecular complexity index is 875. The Morgan fingerprint density at radius 2 is 2.21 bits per heavy atom. The molecule has 0 aliphatic heterocycles. The van der Waals surface area contributed by atoms with Crippen molar-refractivity contribution in [3.05, 3.63) is 33.9 Å². The van der Waals surface area contributed by atoms with E-state index in [0.717, 1.165) is 0 Å². The summed E-state index contributed by atoms with van der Waals surface area (Å²) in [6.07, 6.45) is 0. The maximum Gasteiger partial charge on any atom is 0.339 e.